The highest BCUT2D eigenvalue weighted by atomic mass is 16.6. The van der Waals surface area contributed by atoms with Crippen LogP contribution in [0.25, 0.3) is 0 Å². The van der Waals surface area contributed by atoms with Gasteiger partial charge in [-0.25, -0.2) is 0 Å². The van der Waals surface area contributed by atoms with Crippen molar-refractivity contribution in [2.75, 3.05) is 13.2 Å². The lowest BCUT2D eigenvalue weighted by Crippen LogP contribution is -2.37. The summed E-state index contributed by atoms with van der Waals surface area (Å²) in [6, 6.07) is 8.79. The Balaban J connectivity index is 1.98. The van der Waals surface area contributed by atoms with E-state index in [9.17, 15) is 4.79 Å². The molecule has 1 saturated heterocycles. The van der Waals surface area contributed by atoms with E-state index in [1.54, 1.807) is 0 Å². The number of hydrogen-bond acceptors (Lipinski definition) is 5. The van der Waals surface area contributed by atoms with Crippen molar-refractivity contribution in [3.8, 4) is 5.75 Å². The van der Waals surface area contributed by atoms with E-state index in [2.05, 4.69) is 0 Å². The lowest BCUT2D eigenvalue weighted by molar-refractivity contribution is -0.150. The predicted molar refractivity (Wildman–Crippen MR) is 69.8 cm³/mol. The molecule has 3 atom stereocenters. The summed E-state index contributed by atoms with van der Waals surface area (Å²) in [5, 5.41) is 0. The molecule has 0 aliphatic carbocycles. The first-order valence-electron chi connectivity index (χ1n) is 6.40. The molecule has 5 nitrogen and oxygen atoms in total. The molecule has 0 radical (unpaired) electrons. The fourth-order valence-electron chi connectivity index (χ4n) is 1.94. The second-order valence-electron chi connectivity index (χ2n) is 4.68. The summed E-state index contributed by atoms with van der Waals surface area (Å²) in [7, 11) is 0. The van der Waals surface area contributed by atoms with E-state index in [4.69, 9.17) is 19.9 Å². The van der Waals surface area contributed by atoms with E-state index in [1.165, 1.54) is 0 Å². The van der Waals surface area contributed by atoms with Crippen molar-refractivity contribution in [3.63, 3.8) is 0 Å². The molecule has 0 bridgehead atoms. The third-order valence-electron chi connectivity index (χ3n) is 2.86. The van der Waals surface area contributed by atoms with Crippen LogP contribution in [0.5, 0.6) is 5.75 Å². The van der Waals surface area contributed by atoms with Crippen LogP contribution >= 0.6 is 0 Å². The first-order chi connectivity index (χ1) is 9.15. The van der Waals surface area contributed by atoms with E-state index >= 15 is 0 Å². The van der Waals surface area contributed by atoms with Gasteiger partial charge in [-0.05, 0) is 19.1 Å². The van der Waals surface area contributed by atoms with Crippen LogP contribution < -0.4 is 10.5 Å². The summed E-state index contributed by atoms with van der Waals surface area (Å²) >= 11 is 0. The normalized spacial score (nSPS) is 28.7. The zero-order valence-corrected chi connectivity index (χ0v) is 11.0. The Morgan fingerprint density at radius 2 is 2.00 bits per heavy atom. The molecule has 104 valence electrons. The minimum Gasteiger partial charge on any atom is -0.488 e. The summed E-state index contributed by atoms with van der Waals surface area (Å²) in [5.74, 6) is 0.353. The Hall–Kier alpha value is -1.59. The van der Waals surface area contributed by atoms with Crippen molar-refractivity contribution in [3.05, 3.63) is 30.3 Å². The molecular formula is C14H19NO4. The van der Waals surface area contributed by atoms with Crippen molar-refractivity contribution in [1.29, 1.82) is 0 Å². The lowest BCUT2D eigenvalue weighted by atomic mass is 10.2. The second kappa shape index (κ2) is 6.54. The van der Waals surface area contributed by atoms with Gasteiger partial charge in [0.2, 0.25) is 0 Å². The summed E-state index contributed by atoms with van der Waals surface area (Å²) in [6.07, 6.45) is 0.178. The monoisotopic (exact) mass is 265 g/mol. The molecule has 0 amide bonds. The Morgan fingerprint density at radius 1 is 1.26 bits per heavy atom. The maximum atomic E-state index is 11.5. The Kier molecular flexibility index (Phi) is 4.76. The number of nitrogens with two attached hydrogens (primary N) is 1. The number of rotatable bonds is 2. The third-order valence-corrected chi connectivity index (χ3v) is 2.86. The number of cyclic esters (lactones) is 1. The smallest absolute Gasteiger partial charge is 0.325 e. The van der Waals surface area contributed by atoms with Gasteiger partial charge in [0.25, 0.3) is 0 Å². The number of para-hydroxylation sites is 1. The zero-order chi connectivity index (χ0) is 13.7. The Morgan fingerprint density at radius 3 is 2.74 bits per heavy atom. The van der Waals surface area contributed by atoms with Gasteiger partial charge in [0, 0.05) is 6.42 Å². The quantitative estimate of drug-likeness (QED) is 0.811. The van der Waals surface area contributed by atoms with Gasteiger partial charge in [-0.1, -0.05) is 18.2 Å². The van der Waals surface area contributed by atoms with Gasteiger partial charge in [-0.3, -0.25) is 4.79 Å². The average Bonchev–Trinajstić information content (AvgIpc) is 2.43. The van der Waals surface area contributed by atoms with Crippen molar-refractivity contribution in [1.82, 2.24) is 0 Å². The highest BCUT2D eigenvalue weighted by Crippen LogP contribution is 2.16. The molecule has 19 heavy (non-hydrogen) atoms. The summed E-state index contributed by atoms with van der Waals surface area (Å²) < 4.78 is 16.5. The minimum absolute atomic E-state index is 0.153. The second-order valence-corrected chi connectivity index (χ2v) is 4.68. The molecule has 1 unspecified atom stereocenters. The molecule has 1 heterocycles. The lowest BCUT2D eigenvalue weighted by Gasteiger charge is -2.20. The standard InChI is InChI=1S/C14H19NO4/c1-10-7-12(19-11-5-3-2-4-6-11)8-17-9-13(15)14(16)18-10/h2-6,10,12-13H,7-9,15H2,1H3/t10-,12?,13-/m0/s1. The number of carbonyl (C=O) groups excluding carboxylic acids is 1. The van der Waals surface area contributed by atoms with Gasteiger partial charge in [-0.2, -0.15) is 0 Å². The average molecular weight is 265 g/mol. The number of esters is 1. The fourth-order valence-corrected chi connectivity index (χ4v) is 1.94. The molecule has 1 aliphatic heterocycles. The SMILES string of the molecule is C[C@H]1CC(Oc2ccccc2)COC[C@H](N)C(=O)O1. The van der Waals surface area contributed by atoms with Crippen molar-refractivity contribution in [2.24, 2.45) is 5.73 Å². The molecule has 0 saturated carbocycles. The van der Waals surface area contributed by atoms with Crippen molar-refractivity contribution >= 4 is 5.97 Å². The highest BCUT2D eigenvalue weighted by Gasteiger charge is 2.25. The first kappa shape index (κ1) is 13.8. The number of benzene rings is 1. The molecule has 1 aliphatic rings. The summed E-state index contributed by atoms with van der Waals surface area (Å²) in [4.78, 5) is 11.5. The molecule has 1 aromatic carbocycles. The highest BCUT2D eigenvalue weighted by molar-refractivity contribution is 5.75. The molecule has 1 fully saturated rings. The summed E-state index contributed by atoms with van der Waals surface area (Å²) in [5.41, 5.74) is 5.64. The van der Waals surface area contributed by atoms with Crippen LogP contribution in [0.4, 0.5) is 0 Å². The van der Waals surface area contributed by atoms with Crippen molar-refractivity contribution in [2.45, 2.75) is 31.6 Å². The Bertz CT molecular complexity index is 409. The molecule has 2 N–H and O–H groups in total. The van der Waals surface area contributed by atoms with Crippen LogP contribution in [-0.4, -0.2) is 37.4 Å². The van der Waals surface area contributed by atoms with E-state index in [0.29, 0.717) is 13.0 Å². The maximum absolute atomic E-state index is 11.5. The van der Waals surface area contributed by atoms with Gasteiger partial charge in [0.15, 0.2) is 0 Å². The number of carbonyl (C=O) groups is 1. The number of ether oxygens (including phenoxy) is 3. The molecule has 1 aromatic rings. The zero-order valence-electron chi connectivity index (χ0n) is 11.0. The van der Waals surface area contributed by atoms with E-state index < -0.39 is 12.0 Å². The fraction of sp³-hybridized carbons (Fsp3) is 0.500. The van der Waals surface area contributed by atoms with Crippen LogP contribution in [0.15, 0.2) is 30.3 Å². The molecule has 0 spiro atoms. The molecule has 5 heteroatoms. The van der Waals surface area contributed by atoms with E-state index in [0.717, 1.165) is 5.75 Å². The minimum atomic E-state index is -0.724. The van der Waals surface area contributed by atoms with Crippen LogP contribution in [-0.2, 0) is 14.3 Å². The van der Waals surface area contributed by atoms with Gasteiger partial charge in [0.05, 0.1) is 13.2 Å². The first-order valence-corrected chi connectivity index (χ1v) is 6.40. The molecule has 2 rings (SSSR count). The molecule has 0 aromatic heterocycles. The van der Waals surface area contributed by atoms with Gasteiger partial charge in [-0.15, -0.1) is 0 Å². The van der Waals surface area contributed by atoms with Crippen LogP contribution in [0.1, 0.15) is 13.3 Å². The van der Waals surface area contributed by atoms with Crippen LogP contribution in [0, 0.1) is 0 Å². The van der Waals surface area contributed by atoms with Crippen LogP contribution in [0.3, 0.4) is 0 Å². The van der Waals surface area contributed by atoms with Gasteiger partial charge in [0.1, 0.15) is 24.0 Å². The maximum Gasteiger partial charge on any atom is 0.325 e. The van der Waals surface area contributed by atoms with E-state index in [1.807, 2.05) is 37.3 Å². The molecular weight excluding hydrogens is 246 g/mol. The van der Waals surface area contributed by atoms with Gasteiger partial charge < -0.3 is 19.9 Å². The van der Waals surface area contributed by atoms with Gasteiger partial charge >= 0.3 is 5.97 Å². The van der Waals surface area contributed by atoms with Crippen LogP contribution in [0.2, 0.25) is 0 Å². The Labute approximate surface area is 112 Å². The topological polar surface area (TPSA) is 70.8 Å². The third kappa shape index (κ3) is 4.22. The van der Waals surface area contributed by atoms with E-state index in [-0.39, 0.29) is 18.8 Å². The van der Waals surface area contributed by atoms with Crippen molar-refractivity contribution < 1.29 is 19.0 Å². The predicted octanol–water partition coefficient (Wildman–Crippen LogP) is 1.11. The summed E-state index contributed by atoms with van der Waals surface area (Å²) in [6.45, 7) is 2.38. The number of hydrogen-bond donors (Lipinski definition) is 1. The largest absolute Gasteiger partial charge is 0.488 e.